The molecular formula is C31H41FN4O5S. The molecule has 2 unspecified atom stereocenters. The predicted octanol–water partition coefficient (Wildman–Crippen LogP) is 5.02. The van der Waals surface area contributed by atoms with Crippen molar-refractivity contribution >= 4 is 28.1 Å². The van der Waals surface area contributed by atoms with Gasteiger partial charge in [-0.25, -0.2) is 4.39 Å². The van der Waals surface area contributed by atoms with Crippen LogP contribution in [0.3, 0.4) is 0 Å². The highest BCUT2D eigenvalue weighted by Gasteiger charge is 2.28. The van der Waals surface area contributed by atoms with E-state index in [4.69, 9.17) is 4.74 Å². The molecule has 1 saturated heterocycles. The molecule has 1 aliphatic rings. The molecule has 0 bridgehead atoms. The Kier molecular flexibility index (Phi) is 11.1. The lowest BCUT2D eigenvalue weighted by Crippen LogP contribution is -2.48. The van der Waals surface area contributed by atoms with Crippen LogP contribution in [-0.2, 0) is 13.0 Å². The van der Waals surface area contributed by atoms with Gasteiger partial charge in [0, 0.05) is 43.0 Å². The first-order chi connectivity index (χ1) is 20.2. The summed E-state index contributed by atoms with van der Waals surface area (Å²) in [7, 11) is -1.46. The topological polar surface area (TPSA) is 126 Å². The zero-order valence-electron chi connectivity index (χ0n) is 24.1. The Morgan fingerprint density at radius 2 is 1.88 bits per heavy atom. The van der Waals surface area contributed by atoms with E-state index in [1.165, 1.54) is 13.2 Å². The van der Waals surface area contributed by atoms with E-state index < -0.39 is 28.8 Å². The molecule has 11 heteroatoms. The Bertz CT molecular complexity index is 1330. The molecule has 1 amide bonds. The first kappa shape index (κ1) is 31.6. The normalized spacial score (nSPS) is 16.8. The highest BCUT2D eigenvalue weighted by molar-refractivity contribution is 8.25. The van der Waals surface area contributed by atoms with Crippen LogP contribution < -0.4 is 25.0 Å². The fraction of sp³-hybridized carbons (Fsp3) is 0.387. The molecule has 228 valence electrons. The minimum atomic E-state index is -2.98. The number of hydrogen-bond donors (Lipinski definition) is 6. The Balaban J connectivity index is 1.53. The Morgan fingerprint density at radius 3 is 2.60 bits per heavy atom. The van der Waals surface area contributed by atoms with Gasteiger partial charge >= 0.3 is 0 Å². The lowest BCUT2D eigenvalue weighted by molar-refractivity contribution is 0.0830. The van der Waals surface area contributed by atoms with Crippen LogP contribution in [0.2, 0.25) is 0 Å². The Hall–Kier alpha value is -3.35. The van der Waals surface area contributed by atoms with Crippen molar-refractivity contribution in [2.24, 2.45) is 0 Å². The van der Waals surface area contributed by atoms with Gasteiger partial charge in [-0.3, -0.25) is 18.2 Å². The quantitative estimate of drug-likeness (QED) is 0.162. The van der Waals surface area contributed by atoms with Gasteiger partial charge in [0.2, 0.25) is 0 Å². The lowest BCUT2D eigenvalue weighted by atomic mass is 10.00. The maximum atomic E-state index is 14.3. The number of anilines is 2. The molecule has 0 aliphatic carbocycles. The molecule has 2 atom stereocenters. The number of nitrogens with one attached hydrogen (secondary N) is 3. The molecule has 3 aromatic carbocycles. The number of rotatable bonds is 13. The van der Waals surface area contributed by atoms with Gasteiger partial charge in [0.15, 0.2) is 0 Å². The maximum absolute atomic E-state index is 14.3. The predicted molar refractivity (Wildman–Crippen MR) is 167 cm³/mol. The van der Waals surface area contributed by atoms with E-state index in [0.717, 1.165) is 18.4 Å². The highest BCUT2D eigenvalue weighted by atomic mass is 32.3. The zero-order valence-corrected chi connectivity index (χ0v) is 24.9. The molecule has 6 N–H and O–H groups in total. The maximum Gasteiger partial charge on any atom is 0.251 e. The fourth-order valence-corrected chi connectivity index (χ4v) is 6.69. The molecule has 0 radical (unpaired) electrons. The number of carbonyl (C=O) groups is 1. The zero-order chi connectivity index (χ0) is 30.1. The van der Waals surface area contributed by atoms with E-state index in [9.17, 15) is 23.4 Å². The standard InChI is InChI=1S/C31H41FN4O5S/c1-3-34-25-16-23(17-26(19-25)36-13-7-8-14-42(36,39)40)31(38)35-29(15-22-9-5-4-6-10-22)30(37)21-33-20-24-18-27(41-2)11-12-28(24)32/h4-6,9-12,16-19,29-30,33-34,37,39-40H,3,7-8,13-15,20-21H2,1-2H3,(H,35,38). The first-order valence-corrected chi connectivity index (χ1v) is 15.9. The van der Waals surface area contributed by atoms with Gasteiger partial charge in [0.1, 0.15) is 11.6 Å². The average molecular weight is 601 g/mol. The number of ether oxygens (including phenoxy) is 1. The van der Waals surface area contributed by atoms with Crippen molar-refractivity contribution in [1.82, 2.24) is 10.6 Å². The number of methoxy groups -OCH3 is 1. The van der Waals surface area contributed by atoms with Crippen molar-refractivity contribution in [3.63, 3.8) is 0 Å². The molecular weight excluding hydrogens is 559 g/mol. The van der Waals surface area contributed by atoms with E-state index >= 15 is 0 Å². The van der Waals surface area contributed by atoms with Gasteiger partial charge in [0.05, 0.1) is 30.7 Å². The van der Waals surface area contributed by atoms with Crippen molar-refractivity contribution in [2.75, 3.05) is 42.1 Å². The van der Waals surface area contributed by atoms with Crippen LogP contribution in [-0.4, -0.2) is 64.8 Å². The van der Waals surface area contributed by atoms with Crippen LogP contribution in [0.25, 0.3) is 0 Å². The van der Waals surface area contributed by atoms with Crippen molar-refractivity contribution in [3.05, 3.63) is 89.2 Å². The monoisotopic (exact) mass is 600 g/mol. The Labute approximate surface area is 248 Å². The minimum Gasteiger partial charge on any atom is -0.497 e. The van der Waals surface area contributed by atoms with Crippen molar-refractivity contribution in [3.8, 4) is 5.75 Å². The second-order valence-corrected chi connectivity index (χ2v) is 12.5. The molecule has 0 spiro atoms. The molecule has 1 heterocycles. The van der Waals surface area contributed by atoms with Crippen molar-refractivity contribution in [1.29, 1.82) is 0 Å². The summed E-state index contributed by atoms with van der Waals surface area (Å²) in [6.45, 7) is 3.31. The van der Waals surface area contributed by atoms with Gasteiger partial charge in [-0.1, -0.05) is 30.3 Å². The summed E-state index contributed by atoms with van der Waals surface area (Å²) < 4.78 is 42.5. The van der Waals surface area contributed by atoms with E-state index in [2.05, 4.69) is 16.0 Å². The van der Waals surface area contributed by atoms with Crippen LogP contribution in [0.4, 0.5) is 15.8 Å². The van der Waals surface area contributed by atoms with Gasteiger partial charge in [-0.15, -0.1) is 10.8 Å². The molecule has 3 aromatic rings. The average Bonchev–Trinajstić information content (AvgIpc) is 2.98. The molecule has 42 heavy (non-hydrogen) atoms. The highest BCUT2D eigenvalue weighted by Crippen LogP contribution is 2.50. The third kappa shape index (κ3) is 8.36. The first-order valence-electron chi connectivity index (χ1n) is 14.2. The summed E-state index contributed by atoms with van der Waals surface area (Å²) in [5.74, 6) is 0.0441. The number of nitrogens with zero attached hydrogens (tertiary/aromatic N) is 1. The summed E-state index contributed by atoms with van der Waals surface area (Å²) in [6, 6.07) is 18.6. The number of aliphatic hydroxyl groups excluding tert-OH is 1. The van der Waals surface area contributed by atoms with Gasteiger partial charge < -0.3 is 25.8 Å². The van der Waals surface area contributed by atoms with E-state index in [1.54, 1.807) is 28.6 Å². The largest absolute Gasteiger partial charge is 0.497 e. The third-order valence-corrected chi connectivity index (χ3v) is 9.17. The molecule has 1 fully saturated rings. The van der Waals surface area contributed by atoms with Gasteiger partial charge in [-0.05, 0) is 68.1 Å². The summed E-state index contributed by atoms with van der Waals surface area (Å²) in [5.41, 5.74) is 2.91. The SMILES string of the molecule is CCNc1cc(C(=O)NC(Cc2ccccc2)C(O)CNCc2cc(OC)ccc2F)cc(N2CCCCS2(O)O)c1. The molecule has 0 saturated carbocycles. The van der Waals surface area contributed by atoms with Crippen LogP contribution in [0, 0.1) is 5.82 Å². The van der Waals surface area contributed by atoms with E-state index in [-0.39, 0.29) is 24.7 Å². The summed E-state index contributed by atoms with van der Waals surface area (Å²) in [5, 5.41) is 20.5. The number of benzene rings is 3. The smallest absolute Gasteiger partial charge is 0.251 e. The molecule has 4 rings (SSSR count). The van der Waals surface area contributed by atoms with Crippen LogP contribution >= 0.6 is 10.8 Å². The van der Waals surface area contributed by atoms with Gasteiger partial charge in [0.25, 0.3) is 5.91 Å². The summed E-state index contributed by atoms with van der Waals surface area (Å²) in [4.78, 5) is 13.6. The summed E-state index contributed by atoms with van der Waals surface area (Å²) in [6.07, 6.45) is 0.931. The number of halogens is 1. The van der Waals surface area contributed by atoms with Crippen LogP contribution in [0.1, 0.15) is 41.3 Å². The van der Waals surface area contributed by atoms with Gasteiger partial charge in [-0.2, -0.15) is 0 Å². The summed E-state index contributed by atoms with van der Waals surface area (Å²) >= 11 is 0. The second kappa shape index (κ2) is 14.7. The van der Waals surface area contributed by atoms with Crippen LogP contribution in [0.15, 0.2) is 66.7 Å². The van der Waals surface area contributed by atoms with Crippen LogP contribution in [0.5, 0.6) is 5.75 Å². The third-order valence-electron chi connectivity index (χ3n) is 7.23. The fourth-order valence-electron chi connectivity index (χ4n) is 5.01. The molecule has 1 aliphatic heterocycles. The minimum absolute atomic E-state index is 0.103. The lowest BCUT2D eigenvalue weighted by Gasteiger charge is -2.47. The molecule has 0 aromatic heterocycles. The number of carbonyl (C=O) groups excluding carboxylic acids is 1. The molecule has 9 nitrogen and oxygen atoms in total. The second-order valence-electron chi connectivity index (χ2n) is 10.4. The van der Waals surface area contributed by atoms with E-state index in [1.807, 2.05) is 43.3 Å². The van der Waals surface area contributed by atoms with E-state index in [0.29, 0.717) is 47.8 Å². The number of amides is 1. The van der Waals surface area contributed by atoms with Crippen molar-refractivity contribution < 1.29 is 28.1 Å². The number of hydrogen-bond acceptors (Lipinski definition) is 8. The Morgan fingerprint density at radius 1 is 1.10 bits per heavy atom. The number of aliphatic hydroxyl groups is 1. The van der Waals surface area contributed by atoms with Crippen molar-refractivity contribution in [2.45, 2.75) is 44.9 Å².